The van der Waals surface area contributed by atoms with Gasteiger partial charge in [-0.1, -0.05) is 19.1 Å². The molecule has 1 heterocycles. The fourth-order valence-corrected chi connectivity index (χ4v) is 2.27. The molecule has 82 valence electrons. The molecule has 2 N–H and O–H groups in total. The third-order valence-electron chi connectivity index (χ3n) is 3.46. The molecule has 0 saturated carbocycles. The van der Waals surface area contributed by atoms with Crippen molar-refractivity contribution >= 4 is 5.69 Å². The highest BCUT2D eigenvalue weighted by Crippen LogP contribution is 2.30. The van der Waals surface area contributed by atoms with Crippen LogP contribution in [-0.4, -0.2) is 13.1 Å². The van der Waals surface area contributed by atoms with Crippen LogP contribution in [0.3, 0.4) is 0 Å². The zero-order chi connectivity index (χ0) is 10.8. The first-order chi connectivity index (χ1) is 7.26. The number of hydrogen-bond acceptors (Lipinski definition) is 2. The molecule has 0 unspecified atom stereocenters. The van der Waals surface area contributed by atoms with E-state index in [0.29, 0.717) is 6.54 Å². The highest BCUT2D eigenvalue weighted by molar-refractivity contribution is 5.58. The van der Waals surface area contributed by atoms with Gasteiger partial charge in [0, 0.05) is 25.3 Å². The van der Waals surface area contributed by atoms with Gasteiger partial charge in [-0.05, 0) is 36.5 Å². The summed E-state index contributed by atoms with van der Waals surface area (Å²) in [6, 6.07) is 6.47. The van der Waals surface area contributed by atoms with Crippen molar-refractivity contribution in [2.45, 2.75) is 26.8 Å². The van der Waals surface area contributed by atoms with Crippen molar-refractivity contribution in [1.82, 2.24) is 0 Å². The van der Waals surface area contributed by atoms with Gasteiger partial charge in [-0.25, -0.2) is 0 Å². The van der Waals surface area contributed by atoms with E-state index in [-0.39, 0.29) is 0 Å². The van der Waals surface area contributed by atoms with Crippen LogP contribution in [0, 0.1) is 12.8 Å². The third-order valence-corrected chi connectivity index (χ3v) is 3.46. The lowest BCUT2D eigenvalue weighted by atomic mass is 9.94. The summed E-state index contributed by atoms with van der Waals surface area (Å²) in [5, 5.41) is 0. The van der Waals surface area contributed by atoms with E-state index >= 15 is 0 Å². The van der Waals surface area contributed by atoms with Crippen LogP contribution in [0.15, 0.2) is 18.2 Å². The first kappa shape index (κ1) is 10.5. The maximum Gasteiger partial charge on any atom is 0.0414 e. The van der Waals surface area contributed by atoms with Crippen LogP contribution in [0.4, 0.5) is 5.69 Å². The Morgan fingerprint density at radius 1 is 1.40 bits per heavy atom. The number of hydrogen-bond donors (Lipinski definition) is 1. The van der Waals surface area contributed by atoms with Gasteiger partial charge < -0.3 is 10.6 Å². The fraction of sp³-hybridized carbons (Fsp3) is 0.538. The summed E-state index contributed by atoms with van der Waals surface area (Å²) < 4.78 is 0. The van der Waals surface area contributed by atoms with Gasteiger partial charge in [0.05, 0.1) is 0 Å². The van der Waals surface area contributed by atoms with Crippen molar-refractivity contribution < 1.29 is 0 Å². The Hall–Kier alpha value is -1.02. The van der Waals surface area contributed by atoms with E-state index in [4.69, 9.17) is 5.73 Å². The summed E-state index contributed by atoms with van der Waals surface area (Å²) in [7, 11) is 0. The molecule has 1 aromatic rings. The van der Waals surface area contributed by atoms with Gasteiger partial charge in [0.15, 0.2) is 0 Å². The van der Waals surface area contributed by atoms with Crippen LogP contribution in [0.2, 0.25) is 0 Å². The summed E-state index contributed by atoms with van der Waals surface area (Å²) in [4.78, 5) is 2.45. The molecule has 1 fully saturated rings. The van der Waals surface area contributed by atoms with Gasteiger partial charge in [-0.15, -0.1) is 0 Å². The van der Waals surface area contributed by atoms with Gasteiger partial charge in [-0.2, -0.15) is 0 Å². The number of nitrogens with zero attached hydrogens (tertiary/aromatic N) is 1. The smallest absolute Gasteiger partial charge is 0.0414 e. The molecule has 1 aliphatic rings. The molecule has 1 aromatic carbocycles. The molecule has 2 rings (SSSR count). The Kier molecular flexibility index (Phi) is 2.96. The third kappa shape index (κ3) is 1.86. The van der Waals surface area contributed by atoms with E-state index in [1.54, 1.807) is 0 Å². The average molecular weight is 204 g/mol. The van der Waals surface area contributed by atoms with Crippen molar-refractivity contribution in [2.75, 3.05) is 18.0 Å². The first-order valence-corrected chi connectivity index (χ1v) is 5.79. The Labute approximate surface area is 92.1 Å². The topological polar surface area (TPSA) is 29.3 Å². The van der Waals surface area contributed by atoms with Crippen molar-refractivity contribution in [3.8, 4) is 0 Å². The van der Waals surface area contributed by atoms with Crippen molar-refractivity contribution in [3.05, 3.63) is 29.3 Å². The SMILES string of the molecule is CCC1CN(c2cccc(C)c2CN)C1. The first-order valence-electron chi connectivity index (χ1n) is 5.79. The predicted octanol–water partition coefficient (Wildman–Crippen LogP) is 2.30. The Morgan fingerprint density at radius 3 is 2.73 bits per heavy atom. The van der Waals surface area contributed by atoms with Crippen molar-refractivity contribution in [2.24, 2.45) is 11.7 Å². The molecule has 0 spiro atoms. The normalized spacial score (nSPS) is 16.6. The van der Waals surface area contributed by atoms with Crippen LogP contribution in [-0.2, 0) is 6.54 Å². The summed E-state index contributed by atoms with van der Waals surface area (Å²) >= 11 is 0. The quantitative estimate of drug-likeness (QED) is 0.818. The number of aryl methyl sites for hydroxylation is 1. The molecule has 1 aliphatic heterocycles. The zero-order valence-electron chi connectivity index (χ0n) is 9.66. The zero-order valence-corrected chi connectivity index (χ0v) is 9.66. The Balaban J connectivity index is 2.18. The number of benzene rings is 1. The second-order valence-corrected chi connectivity index (χ2v) is 4.46. The van der Waals surface area contributed by atoms with Crippen LogP contribution in [0.5, 0.6) is 0 Å². The van der Waals surface area contributed by atoms with E-state index in [2.05, 4.69) is 36.9 Å². The van der Waals surface area contributed by atoms with Crippen molar-refractivity contribution in [1.29, 1.82) is 0 Å². The molecule has 15 heavy (non-hydrogen) atoms. The molecule has 0 amide bonds. The summed E-state index contributed by atoms with van der Waals surface area (Å²) in [5.41, 5.74) is 9.78. The van der Waals surface area contributed by atoms with E-state index in [9.17, 15) is 0 Å². The average Bonchev–Trinajstić information content (AvgIpc) is 2.16. The largest absolute Gasteiger partial charge is 0.371 e. The highest BCUT2D eigenvalue weighted by atomic mass is 15.2. The molecule has 2 nitrogen and oxygen atoms in total. The van der Waals surface area contributed by atoms with Gasteiger partial charge in [0.2, 0.25) is 0 Å². The monoisotopic (exact) mass is 204 g/mol. The minimum absolute atomic E-state index is 0.648. The minimum atomic E-state index is 0.648. The lowest BCUT2D eigenvalue weighted by Gasteiger charge is -2.42. The molecular weight excluding hydrogens is 184 g/mol. The van der Waals surface area contributed by atoms with Gasteiger partial charge in [-0.3, -0.25) is 0 Å². The second kappa shape index (κ2) is 4.23. The molecule has 0 radical (unpaired) electrons. The van der Waals surface area contributed by atoms with Crippen LogP contribution in [0.1, 0.15) is 24.5 Å². The van der Waals surface area contributed by atoms with Gasteiger partial charge >= 0.3 is 0 Å². The lowest BCUT2D eigenvalue weighted by Crippen LogP contribution is -2.47. The number of nitrogens with two attached hydrogens (primary N) is 1. The summed E-state index contributed by atoms with van der Waals surface area (Å²) in [5.74, 6) is 0.885. The van der Waals surface area contributed by atoms with Gasteiger partial charge in [0.25, 0.3) is 0 Å². The highest BCUT2D eigenvalue weighted by Gasteiger charge is 2.26. The summed E-state index contributed by atoms with van der Waals surface area (Å²) in [6.07, 6.45) is 1.29. The van der Waals surface area contributed by atoms with E-state index < -0.39 is 0 Å². The van der Waals surface area contributed by atoms with E-state index in [0.717, 1.165) is 5.92 Å². The molecule has 0 bridgehead atoms. The second-order valence-electron chi connectivity index (χ2n) is 4.46. The van der Waals surface area contributed by atoms with Crippen molar-refractivity contribution in [3.63, 3.8) is 0 Å². The minimum Gasteiger partial charge on any atom is -0.371 e. The Bertz CT molecular complexity index is 340. The molecule has 2 heteroatoms. The van der Waals surface area contributed by atoms with Crippen LogP contribution in [0.25, 0.3) is 0 Å². The maximum absolute atomic E-state index is 5.81. The fourth-order valence-electron chi connectivity index (χ4n) is 2.27. The summed E-state index contributed by atoms with van der Waals surface area (Å²) in [6.45, 7) is 7.46. The van der Waals surface area contributed by atoms with Gasteiger partial charge in [0.1, 0.15) is 0 Å². The standard InChI is InChI=1S/C13H20N2/c1-3-11-8-15(9-11)13-6-4-5-10(2)12(13)7-14/h4-6,11H,3,7-9,14H2,1-2H3. The number of rotatable bonds is 3. The molecule has 1 saturated heterocycles. The lowest BCUT2D eigenvalue weighted by molar-refractivity contribution is 0.398. The predicted molar refractivity (Wildman–Crippen MR) is 65.1 cm³/mol. The molecule has 0 atom stereocenters. The maximum atomic E-state index is 5.81. The Morgan fingerprint density at radius 2 is 2.13 bits per heavy atom. The van der Waals surface area contributed by atoms with Crippen LogP contribution >= 0.6 is 0 Å². The van der Waals surface area contributed by atoms with Crippen LogP contribution < -0.4 is 10.6 Å². The van der Waals surface area contributed by atoms with E-state index in [1.165, 1.54) is 36.3 Å². The molecule has 0 aromatic heterocycles. The molecular formula is C13H20N2. The molecule has 0 aliphatic carbocycles. The van der Waals surface area contributed by atoms with E-state index in [1.807, 2.05) is 0 Å². The number of anilines is 1.